The SMILES string of the molecule is C=C/C(C(=O)OC)=C(C)/C=C\C=C/C(C)=C(/C)OC(=O)C1CCC(OC(=O)c2ccc(OC)cc2)CC1.CC. The monoisotopic (exact) mass is 538 g/mol. The van der Waals surface area contributed by atoms with E-state index in [0.29, 0.717) is 48.3 Å². The van der Waals surface area contributed by atoms with Crippen molar-refractivity contribution in [2.24, 2.45) is 5.92 Å². The van der Waals surface area contributed by atoms with Gasteiger partial charge < -0.3 is 18.9 Å². The molecule has 0 heterocycles. The maximum atomic E-state index is 12.7. The Kier molecular flexibility index (Phi) is 15.0. The van der Waals surface area contributed by atoms with Gasteiger partial charge in [0.15, 0.2) is 0 Å². The molecular weight excluding hydrogens is 496 g/mol. The van der Waals surface area contributed by atoms with E-state index in [0.717, 1.165) is 11.1 Å². The molecule has 7 heteroatoms. The van der Waals surface area contributed by atoms with E-state index < -0.39 is 5.97 Å². The molecule has 1 aromatic rings. The van der Waals surface area contributed by atoms with Gasteiger partial charge in [-0.05, 0) is 81.9 Å². The van der Waals surface area contributed by atoms with Crippen LogP contribution in [0.15, 0.2) is 83.7 Å². The molecule has 1 aromatic carbocycles. The van der Waals surface area contributed by atoms with Gasteiger partial charge in [0.1, 0.15) is 17.6 Å². The highest BCUT2D eigenvalue weighted by Gasteiger charge is 2.30. The Hall–Kier alpha value is -3.87. The van der Waals surface area contributed by atoms with E-state index in [1.54, 1.807) is 63.5 Å². The lowest BCUT2D eigenvalue weighted by atomic mass is 9.87. The fourth-order valence-electron chi connectivity index (χ4n) is 3.80. The van der Waals surface area contributed by atoms with Crippen molar-refractivity contribution >= 4 is 17.9 Å². The summed E-state index contributed by atoms with van der Waals surface area (Å²) in [6.45, 7) is 13.0. The zero-order valence-corrected chi connectivity index (χ0v) is 24.2. The molecule has 1 fully saturated rings. The number of ether oxygens (including phenoxy) is 4. The van der Waals surface area contributed by atoms with Gasteiger partial charge >= 0.3 is 17.9 Å². The van der Waals surface area contributed by atoms with E-state index in [9.17, 15) is 14.4 Å². The number of carbonyl (C=O) groups is 3. The number of esters is 3. The minimum atomic E-state index is -0.440. The van der Waals surface area contributed by atoms with Crippen molar-refractivity contribution in [2.45, 2.75) is 66.4 Å². The number of hydrogen-bond donors (Lipinski definition) is 0. The molecule has 0 amide bonds. The molecule has 0 aromatic heterocycles. The molecule has 212 valence electrons. The number of carbonyl (C=O) groups excluding carboxylic acids is 3. The van der Waals surface area contributed by atoms with Gasteiger partial charge in [0.25, 0.3) is 0 Å². The van der Waals surface area contributed by atoms with Crippen LogP contribution in [0.4, 0.5) is 0 Å². The van der Waals surface area contributed by atoms with Crippen molar-refractivity contribution in [3.05, 3.63) is 89.3 Å². The van der Waals surface area contributed by atoms with Crippen LogP contribution in [-0.2, 0) is 23.8 Å². The van der Waals surface area contributed by atoms with Crippen molar-refractivity contribution in [3.63, 3.8) is 0 Å². The predicted octanol–water partition coefficient (Wildman–Crippen LogP) is 7.06. The fourth-order valence-corrected chi connectivity index (χ4v) is 3.80. The van der Waals surface area contributed by atoms with Gasteiger partial charge in [-0.15, -0.1) is 0 Å². The van der Waals surface area contributed by atoms with Gasteiger partial charge in [0.05, 0.1) is 31.3 Å². The molecule has 0 radical (unpaired) electrons. The van der Waals surface area contributed by atoms with E-state index in [1.165, 1.54) is 13.2 Å². The number of methoxy groups -OCH3 is 2. The predicted molar refractivity (Wildman–Crippen MR) is 153 cm³/mol. The minimum absolute atomic E-state index is 0.218. The van der Waals surface area contributed by atoms with Crippen molar-refractivity contribution in [1.29, 1.82) is 0 Å². The second kappa shape index (κ2) is 17.6. The van der Waals surface area contributed by atoms with Crippen LogP contribution in [0.1, 0.15) is 70.7 Å². The smallest absolute Gasteiger partial charge is 0.338 e. The third-order valence-corrected chi connectivity index (χ3v) is 6.25. The molecule has 39 heavy (non-hydrogen) atoms. The van der Waals surface area contributed by atoms with Gasteiger partial charge in [-0.2, -0.15) is 0 Å². The summed E-state index contributed by atoms with van der Waals surface area (Å²) >= 11 is 0. The van der Waals surface area contributed by atoms with Crippen molar-refractivity contribution in [2.75, 3.05) is 14.2 Å². The second-order valence-electron chi connectivity index (χ2n) is 8.78. The van der Waals surface area contributed by atoms with E-state index >= 15 is 0 Å². The molecule has 0 aliphatic heterocycles. The molecule has 0 atom stereocenters. The zero-order valence-electron chi connectivity index (χ0n) is 24.2. The Labute approximate surface area is 232 Å². The highest BCUT2D eigenvalue weighted by molar-refractivity contribution is 5.92. The van der Waals surface area contributed by atoms with Gasteiger partial charge in [0, 0.05) is 0 Å². The maximum absolute atomic E-state index is 12.7. The second-order valence-corrected chi connectivity index (χ2v) is 8.78. The third-order valence-electron chi connectivity index (χ3n) is 6.25. The molecule has 0 unspecified atom stereocenters. The lowest BCUT2D eigenvalue weighted by molar-refractivity contribution is -0.146. The molecule has 0 spiro atoms. The molecule has 0 saturated heterocycles. The van der Waals surface area contributed by atoms with Crippen molar-refractivity contribution in [3.8, 4) is 5.75 Å². The summed E-state index contributed by atoms with van der Waals surface area (Å²) in [6.07, 6.45) is 10.9. The third kappa shape index (κ3) is 10.8. The zero-order chi connectivity index (χ0) is 29.4. The van der Waals surface area contributed by atoms with Crippen molar-refractivity contribution < 1.29 is 33.3 Å². The van der Waals surface area contributed by atoms with Gasteiger partial charge in [-0.3, -0.25) is 4.79 Å². The molecule has 0 bridgehead atoms. The first-order valence-electron chi connectivity index (χ1n) is 13.2. The van der Waals surface area contributed by atoms with Crippen LogP contribution in [0, 0.1) is 5.92 Å². The standard InChI is InChI=1S/C30H36O7.C2H6/c1-7-27(30(33)35-6)21(3)11-9-8-10-20(2)22(4)36-28(31)23-14-18-26(19-15-23)37-29(32)24-12-16-25(34-5)17-13-24;1-2/h7-13,16-17,23,26H,1,14-15,18-19H2,2-6H3;1-2H3/b10-8-,11-9-,22-20-,27-21-;. The van der Waals surface area contributed by atoms with Gasteiger partial charge in [-0.1, -0.05) is 50.8 Å². The van der Waals surface area contributed by atoms with E-state index in [2.05, 4.69) is 6.58 Å². The molecule has 1 aliphatic rings. The maximum Gasteiger partial charge on any atom is 0.338 e. The topological polar surface area (TPSA) is 88.1 Å². The summed E-state index contributed by atoms with van der Waals surface area (Å²) in [5.74, 6) is -0.118. The van der Waals surface area contributed by atoms with Crippen LogP contribution in [0.2, 0.25) is 0 Å². The first kappa shape index (κ1) is 33.2. The van der Waals surface area contributed by atoms with Crippen LogP contribution >= 0.6 is 0 Å². The van der Waals surface area contributed by atoms with Crippen molar-refractivity contribution in [1.82, 2.24) is 0 Å². The van der Waals surface area contributed by atoms with Crippen LogP contribution in [-0.4, -0.2) is 38.2 Å². The molecule has 1 saturated carbocycles. The van der Waals surface area contributed by atoms with Crippen LogP contribution < -0.4 is 4.74 Å². The molecule has 2 rings (SSSR count). The number of hydrogen-bond acceptors (Lipinski definition) is 7. The van der Waals surface area contributed by atoms with Gasteiger partial charge in [0.2, 0.25) is 0 Å². The Balaban J connectivity index is 0.00000371. The first-order chi connectivity index (χ1) is 18.7. The van der Waals surface area contributed by atoms with E-state index in [1.807, 2.05) is 26.8 Å². The summed E-state index contributed by atoms with van der Waals surface area (Å²) in [4.78, 5) is 36.8. The van der Waals surface area contributed by atoms with Crippen LogP contribution in [0.25, 0.3) is 0 Å². The highest BCUT2D eigenvalue weighted by atomic mass is 16.5. The number of rotatable bonds is 10. The molecule has 1 aliphatic carbocycles. The average molecular weight is 539 g/mol. The van der Waals surface area contributed by atoms with E-state index in [4.69, 9.17) is 18.9 Å². The highest BCUT2D eigenvalue weighted by Crippen LogP contribution is 2.29. The largest absolute Gasteiger partial charge is 0.497 e. The Bertz CT molecular complexity index is 1100. The Morgan fingerprint density at radius 1 is 0.872 bits per heavy atom. The lowest BCUT2D eigenvalue weighted by Gasteiger charge is -2.27. The quantitative estimate of drug-likeness (QED) is 0.104. The lowest BCUT2D eigenvalue weighted by Crippen LogP contribution is -2.29. The summed E-state index contributed by atoms with van der Waals surface area (Å²) in [7, 11) is 2.89. The number of allylic oxidation sites excluding steroid dienone is 7. The summed E-state index contributed by atoms with van der Waals surface area (Å²) in [6, 6.07) is 6.78. The molecule has 7 nitrogen and oxygen atoms in total. The summed E-state index contributed by atoms with van der Waals surface area (Å²) in [5.41, 5.74) is 2.40. The summed E-state index contributed by atoms with van der Waals surface area (Å²) < 4.78 is 21.1. The number of benzene rings is 1. The minimum Gasteiger partial charge on any atom is -0.497 e. The average Bonchev–Trinajstić information content (AvgIpc) is 2.96. The molecule has 0 N–H and O–H groups in total. The fraction of sp³-hybridized carbons (Fsp3) is 0.406. The molecular formula is C32H42O7. The first-order valence-corrected chi connectivity index (χ1v) is 13.2. The van der Waals surface area contributed by atoms with Crippen LogP contribution in [0.5, 0.6) is 5.75 Å². The normalized spacial score (nSPS) is 18.2. The van der Waals surface area contributed by atoms with E-state index in [-0.39, 0.29) is 24.0 Å². The van der Waals surface area contributed by atoms with Gasteiger partial charge in [-0.25, -0.2) is 9.59 Å². The Morgan fingerprint density at radius 2 is 1.44 bits per heavy atom. The van der Waals surface area contributed by atoms with Crippen LogP contribution in [0.3, 0.4) is 0 Å². The Morgan fingerprint density at radius 3 is 1.95 bits per heavy atom. The summed E-state index contributed by atoms with van der Waals surface area (Å²) in [5, 5.41) is 0.